The molecule has 0 atom stereocenters. The number of carbonyl (C=O) groups excluding carboxylic acids is 2. The number of hydrogen-bond acceptors (Lipinski definition) is 3. The largest absolute Gasteiger partial charge is 0.481 e. The number of carbonyl (C=O) groups is 3. The molecule has 102 valence electrons. The highest BCUT2D eigenvalue weighted by Crippen LogP contribution is 2.13. The minimum atomic E-state index is -0.978. The molecule has 0 radical (unpaired) electrons. The highest BCUT2D eigenvalue weighted by atomic mass is 16.4. The zero-order valence-electron chi connectivity index (χ0n) is 10.6. The molecule has 0 saturated heterocycles. The lowest BCUT2D eigenvalue weighted by atomic mass is 10.2. The molecule has 0 aliphatic rings. The highest BCUT2D eigenvalue weighted by Gasteiger charge is 2.16. The van der Waals surface area contributed by atoms with Gasteiger partial charge < -0.3 is 15.3 Å². The predicted molar refractivity (Wildman–Crippen MR) is 69.7 cm³/mol. The number of rotatable bonds is 6. The van der Waals surface area contributed by atoms with Gasteiger partial charge in [-0.1, -0.05) is 18.2 Å². The van der Waals surface area contributed by atoms with Gasteiger partial charge in [0.25, 0.3) is 0 Å². The van der Waals surface area contributed by atoms with Gasteiger partial charge in [0.15, 0.2) is 0 Å². The van der Waals surface area contributed by atoms with E-state index in [4.69, 9.17) is 5.11 Å². The number of carboxylic acid groups (broad SMARTS) is 1. The van der Waals surface area contributed by atoms with Crippen LogP contribution in [0.15, 0.2) is 30.3 Å². The van der Waals surface area contributed by atoms with Crippen molar-refractivity contribution in [2.45, 2.75) is 13.3 Å². The van der Waals surface area contributed by atoms with E-state index < -0.39 is 5.97 Å². The summed E-state index contributed by atoms with van der Waals surface area (Å²) in [6.07, 6.45) is -0.152. The van der Waals surface area contributed by atoms with Crippen molar-refractivity contribution >= 4 is 23.5 Å². The van der Waals surface area contributed by atoms with Crippen molar-refractivity contribution in [2.24, 2.45) is 0 Å². The maximum absolute atomic E-state index is 12.0. The van der Waals surface area contributed by atoms with Gasteiger partial charge in [-0.3, -0.25) is 14.4 Å². The second kappa shape index (κ2) is 7.15. The second-order valence-electron chi connectivity index (χ2n) is 3.93. The second-order valence-corrected chi connectivity index (χ2v) is 3.93. The molecule has 2 amide bonds. The van der Waals surface area contributed by atoms with Crippen LogP contribution < -0.4 is 10.2 Å². The van der Waals surface area contributed by atoms with Crippen molar-refractivity contribution < 1.29 is 19.5 Å². The van der Waals surface area contributed by atoms with E-state index >= 15 is 0 Å². The van der Waals surface area contributed by atoms with E-state index in [2.05, 4.69) is 5.32 Å². The molecule has 0 fully saturated rings. The Hall–Kier alpha value is -2.37. The third-order valence-electron chi connectivity index (χ3n) is 2.41. The number of benzene rings is 1. The van der Waals surface area contributed by atoms with Gasteiger partial charge in [-0.15, -0.1) is 0 Å². The fourth-order valence-corrected chi connectivity index (χ4v) is 1.51. The summed E-state index contributed by atoms with van der Waals surface area (Å²) >= 11 is 0. The van der Waals surface area contributed by atoms with Crippen LogP contribution in [0.4, 0.5) is 5.69 Å². The first-order chi connectivity index (χ1) is 9.00. The summed E-state index contributed by atoms with van der Waals surface area (Å²) < 4.78 is 0. The van der Waals surface area contributed by atoms with Gasteiger partial charge in [0.1, 0.15) is 0 Å². The Morgan fingerprint density at radius 2 is 1.84 bits per heavy atom. The molecule has 0 saturated carbocycles. The third-order valence-corrected chi connectivity index (χ3v) is 2.41. The highest BCUT2D eigenvalue weighted by molar-refractivity contribution is 5.96. The number of hydrogen-bond donors (Lipinski definition) is 2. The average Bonchev–Trinajstić information content (AvgIpc) is 2.37. The van der Waals surface area contributed by atoms with Crippen LogP contribution in [0.5, 0.6) is 0 Å². The number of aliphatic carboxylic acids is 1. The summed E-state index contributed by atoms with van der Waals surface area (Å²) in [6.45, 7) is 1.24. The van der Waals surface area contributed by atoms with Crippen LogP contribution in [0.3, 0.4) is 0 Å². The molecule has 6 nitrogen and oxygen atoms in total. The summed E-state index contributed by atoms with van der Waals surface area (Å²) in [6, 6.07) is 8.75. The van der Waals surface area contributed by atoms with Crippen molar-refractivity contribution in [1.29, 1.82) is 0 Å². The van der Waals surface area contributed by atoms with Crippen molar-refractivity contribution in [3.8, 4) is 0 Å². The Labute approximate surface area is 111 Å². The molecule has 0 heterocycles. The Bertz CT molecular complexity index is 459. The SMILES string of the molecule is CC(=O)NCC(=O)N(CCC(=O)O)c1ccccc1. The average molecular weight is 264 g/mol. The van der Waals surface area contributed by atoms with Gasteiger partial charge in [0.2, 0.25) is 11.8 Å². The first kappa shape index (κ1) is 14.7. The van der Waals surface area contributed by atoms with E-state index in [9.17, 15) is 14.4 Å². The molecule has 0 aliphatic heterocycles. The Balaban J connectivity index is 2.77. The topological polar surface area (TPSA) is 86.7 Å². The monoisotopic (exact) mass is 264 g/mol. The van der Waals surface area contributed by atoms with Crippen molar-refractivity contribution in [3.05, 3.63) is 30.3 Å². The van der Waals surface area contributed by atoms with Crippen molar-refractivity contribution in [1.82, 2.24) is 5.32 Å². The zero-order chi connectivity index (χ0) is 14.3. The summed E-state index contributed by atoms with van der Waals surface area (Å²) in [5.41, 5.74) is 0.610. The summed E-state index contributed by atoms with van der Waals surface area (Å²) in [7, 11) is 0. The zero-order valence-corrected chi connectivity index (χ0v) is 10.6. The van der Waals surface area contributed by atoms with E-state index in [1.54, 1.807) is 30.3 Å². The molecule has 1 aromatic carbocycles. The number of para-hydroxylation sites is 1. The fourth-order valence-electron chi connectivity index (χ4n) is 1.51. The Kier molecular flexibility index (Phi) is 5.53. The van der Waals surface area contributed by atoms with Crippen molar-refractivity contribution in [2.75, 3.05) is 18.0 Å². The number of amides is 2. The van der Waals surface area contributed by atoms with Crippen LogP contribution in [0.25, 0.3) is 0 Å². The number of nitrogens with zero attached hydrogens (tertiary/aromatic N) is 1. The van der Waals surface area contributed by atoms with Gasteiger partial charge in [-0.05, 0) is 12.1 Å². The van der Waals surface area contributed by atoms with E-state index in [1.807, 2.05) is 0 Å². The van der Waals surface area contributed by atoms with Crippen LogP contribution in [-0.2, 0) is 14.4 Å². The Morgan fingerprint density at radius 1 is 1.21 bits per heavy atom. The van der Waals surface area contributed by atoms with Gasteiger partial charge >= 0.3 is 5.97 Å². The third kappa shape index (κ3) is 5.20. The lowest BCUT2D eigenvalue weighted by Crippen LogP contribution is -2.40. The van der Waals surface area contributed by atoms with E-state index in [1.165, 1.54) is 11.8 Å². The quantitative estimate of drug-likeness (QED) is 0.789. The van der Waals surface area contributed by atoms with E-state index in [-0.39, 0.29) is 31.3 Å². The molecule has 1 aromatic rings. The molecular formula is C13H16N2O4. The minimum absolute atomic E-state index is 0.0672. The standard InChI is InChI=1S/C13H16N2O4/c1-10(16)14-9-12(17)15(8-7-13(18)19)11-5-3-2-4-6-11/h2-6H,7-9H2,1H3,(H,14,16)(H,18,19). The molecule has 0 spiro atoms. The minimum Gasteiger partial charge on any atom is -0.481 e. The molecule has 1 rings (SSSR count). The van der Waals surface area contributed by atoms with Crippen molar-refractivity contribution in [3.63, 3.8) is 0 Å². The molecule has 0 aliphatic carbocycles. The molecule has 19 heavy (non-hydrogen) atoms. The predicted octanol–water partition coefficient (Wildman–Crippen LogP) is 0.630. The lowest BCUT2D eigenvalue weighted by molar-refractivity contribution is -0.136. The lowest BCUT2D eigenvalue weighted by Gasteiger charge is -2.22. The molecule has 6 heteroatoms. The summed E-state index contributed by atoms with van der Waals surface area (Å²) in [5.74, 6) is -1.63. The number of anilines is 1. The first-order valence-corrected chi connectivity index (χ1v) is 5.82. The molecule has 2 N–H and O–H groups in total. The van der Waals surface area contributed by atoms with Crippen LogP contribution in [-0.4, -0.2) is 36.0 Å². The molecule has 0 aromatic heterocycles. The maximum Gasteiger partial charge on any atom is 0.305 e. The molecule has 0 unspecified atom stereocenters. The number of carboxylic acids is 1. The van der Waals surface area contributed by atoms with Crippen LogP contribution in [0.2, 0.25) is 0 Å². The fraction of sp³-hybridized carbons (Fsp3) is 0.308. The first-order valence-electron chi connectivity index (χ1n) is 5.82. The van der Waals surface area contributed by atoms with E-state index in [0.717, 1.165) is 0 Å². The van der Waals surface area contributed by atoms with Crippen LogP contribution >= 0.6 is 0 Å². The van der Waals surface area contributed by atoms with Gasteiger partial charge in [0, 0.05) is 19.2 Å². The van der Waals surface area contributed by atoms with Gasteiger partial charge in [-0.2, -0.15) is 0 Å². The normalized spacial score (nSPS) is 9.74. The summed E-state index contributed by atoms with van der Waals surface area (Å²) in [4.78, 5) is 34.7. The number of nitrogens with one attached hydrogen (secondary N) is 1. The maximum atomic E-state index is 12.0. The molecular weight excluding hydrogens is 248 g/mol. The Morgan fingerprint density at radius 3 is 2.37 bits per heavy atom. The molecule has 0 bridgehead atoms. The van der Waals surface area contributed by atoms with E-state index in [0.29, 0.717) is 5.69 Å². The smallest absolute Gasteiger partial charge is 0.305 e. The van der Waals surface area contributed by atoms with Crippen LogP contribution in [0.1, 0.15) is 13.3 Å². The van der Waals surface area contributed by atoms with Gasteiger partial charge in [0.05, 0.1) is 13.0 Å². The van der Waals surface area contributed by atoms with Gasteiger partial charge in [-0.25, -0.2) is 0 Å². The summed E-state index contributed by atoms with van der Waals surface area (Å²) in [5, 5.41) is 11.1. The van der Waals surface area contributed by atoms with Crippen LogP contribution in [0, 0.1) is 0 Å².